The number of morpholine rings is 1. The summed E-state index contributed by atoms with van der Waals surface area (Å²) in [5.41, 5.74) is 1.82. The van der Waals surface area contributed by atoms with Crippen molar-refractivity contribution in [2.45, 2.75) is 19.4 Å². The van der Waals surface area contributed by atoms with Gasteiger partial charge in [-0.15, -0.1) is 0 Å². The highest BCUT2D eigenvalue weighted by Crippen LogP contribution is 2.23. The molecule has 2 fully saturated rings. The highest BCUT2D eigenvalue weighted by atomic mass is 16.5. The van der Waals surface area contributed by atoms with E-state index in [0.717, 1.165) is 51.9 Å². The molecule has 2 aliphatic heterocycles. The summed E-state index contributed by atoms with van der Waals surface area (Å²) in [6.45, 7) is 8.28. The Kier molecular flexibility index (Phi) is 6.08. The molecule has 2 heterocycles. The number of rotatable bonds is 5. The second kappa shape index (κ2) is 8.48. The molecule has 2 saturated heterocycles. The van der Waals surface area contributed by atoms with E-state index in [1.165, 1.54) is 24.9 Å². The summed E-state index contributed by atoms with van der Waals surface area (Å²) in [6.07, 6.45) is 2.58. The van der Waals surface area contributed by atoms with Crippen molar-refractivity contribution in [1.82, 2.24) is 9.80 Å². The second-order valence-electron chi connectivity index (χ2n) is 6.80. The zero-order valence-electron chi connectivity index (χ0n) is 14.5. The van der Waals surface area contributed by atoms with Crippen LogP contribution in [-0.2, 0) is 11.3 Å². The van der Waals surface area contributed by atoms with Gasteiger partial charge >= 0.3 is 0 Å². The summed E-state index contributed by atoms with van der Waals surface area (Å²) < 4.78 is 10.7. The van der Waals surface area contributed by atoms with Gasteiger partial charge < -0.3 is 9.47 Å². The van der Waals surface area contributed by atoms with Gasteiger partial charge in [0.2, 0.25) is 0 Å². The summed E-state index contributed by atoms with van der Waals surface area (Å²) in [7, 11) is 1.61. The van der Waals surface area contributed by atoms with Crippen LogP contribution in [0.15, 0.2) is 18.2 Å². The van der Waals surface area contributed by atoms with Crippen LogP contribution in [0, 0.1) is 17.2 Å². The van der Waals surface area contributed by atoms with Gasteiger partial charge in [-0.2, -0.15) is 5.26 Å². The molecular weight excluding hydrogens is 302 g/mol. The zero-order chi connectivity index (χ0) is 16.8. The fraction of sp³-hybridized carbons (Fsp3) is 0.632. The third kappa shape index (κ3) is 4.47. The fourth-order valence-corrected chi connectivity index (χ4v) is 3.79. The molecule has 0 aromatic heterocycles. The van der Waals surface area contributed by atoms with Crippen LogP contribution in [0.2, 0.25) is 0 Å². The quantitative estimate of drug-likeness (QED) is 0.828. The molecule has 0 bridgehead atoms. The predicted molar refractivity (Wildman–Crippen MR) is 93.0 cm³/mol. The first-order valence-corrected chi connectivity index (χ1v) is 8.88. The molecule has 5 nitrogen and oxygen atoms in total. The fourth-order valence-electron chi connectivity index (χ4n) is 3.79. The second-order valence-corrected chi connectivity index (χ2v) is 6.80. The minimum atomic E-state index is 0.622. The maximum atomic E-state index is 9.24. The third-order valence-corrected chi connectivity index (χ3v) is 5.01. The largest absolute Gasteiger partial charge is 0.495 e. The van der Waals surface area contributed by atoms with E-state index in [-0.39, 0.29) is 0 Å². The number of hydrogen-bond donors (Lipinski definition) is 0. The van der Waals surface area contributed by atoms with Crippen molar-refractivity contribution in [2.24, 2.45) is 5.92 Å². The van der Waals surface area contributed by atoms with Crippen LogP contribution >= 0.6 is 0 Å². The van der Waals surface area contributed by atoms with Gasteiger partial charge in [-0.3, -0.25) is 9.80 Å². The van der Waals surface area contributed by atoms with Crippen molar-refractivity contribution in [1.29, 1.82) is 5.26 Å². The van der Waals surface area contributed by atoms with E-state index in [4.69, 9.17) is 9.47 Å². The van der Waals surface area contributed by atoms with Gasteiger partial charge in [0, 0.05) is 32.7 Å². The number of methoxy groups -OCH3 is 1. The molecule has 24 heavy (non-hydrogen) atoms. The third-order valence-electron chi connectivity index (χ3n) is 5.01. The minimum absolute atomic E-state index is 0.622. The lowest BCUT2D eigenvalue weighted by molar-refractivity contribution is 0.0224. The van der Waals surface area contributed by atoms with Gasteiger partial charge in [0.25, 0.3) is 0 Å². The average Bonchev–Trinajstić information content (AvgIpc) is 2.63. The van der Waals surface area contributed by atoms with Gasteiger partial charge in [-0.1, -0.05) is 6.07 Å². The number of benzene rings is 1. The Hall–Kier alpha value is -1.61. The normalized spacial score (nSPS) is 22.9. The Morgan fingerprint density at radius 2 is 2.08 bits per heavy atom. The Morgan fingerprint density at radius 3 is 2.83 bits per heavy atom. The molecule has 0 radical (unpaired) electrons. The topological polar surface area (TPSA) is 48.7 Å². The summed E-state index contributed by atoms with van der Waals surface area (Å²) >= 11 is 0. The highest BCUT2D eigenvalue weighted by molar-refractivity contribution is 5.45. The molecule has 1 atom stereocenters. The van der Waals surface area contributed by atoms with Crippen LogP contribution in [0.25, 0.3) is 0 Å². The van der Waals surface area contributed by atoms with Crippen LogP contribution in [0.3, 0.4) is 0 Å². The molecule has 0 N–H and O–H groups in total. The predicted octanol–water partition coefficient (Wildman–Crippen LogP) is 2.11. The number of likely N-dealkylation sites (tertiary alicyclic amines) is 1. The number of piperidine rings is 1. The Morgan fingerprint density at radius 1 is 1.25 bits per heavy atom. The minimum Gasteiger partial charge on any atom is -0.495 e. The van der Waals surface area contributed by atoms with Crippen LogP contribution in [0.5, 0.6) is 5.75 Å². The number of nitrogens with zero attached hydrogens (tertiary/aromatic N) is 3. The van der Waals surface area contributed by atoms with Gasteiger partial charge in [0.1, 0.15) is 11.8 Å². The summed E-state index contributed by atoms with van der Waals surface area (Å²) in [4.78, 5) is 5.07. The van der Waals surface area contributed by atoms with Crippen LogP contribution in [-0.4, -0.2) is 62.8 Å². The molecule has 0 spiro atoms. The average molecular weight is 329 g/mol. The molecule has 0 saturated carbocycles. The molecule has 1 aromatic carbocycles. The van der Waals surface area contributed by atoms with Crippen molar-refractivity contribution in [3.63, 3.8) is 0 Å². The number of hydrogen-bond acceptors (Lipinski definition) is 5. The van der Waals surface area contributed by atoms with E-state index in [1.54, 1.807) is 7.11 Å². The zero-order valence-corrected chi connectivity index (χ0v) is 14.5. The highest BCUT2D eigenvalue weighted by Gasteiger charge is 2.23. The summed E-state index contributed by atoms with van der Waals surface area (Å²) in [5, 5.41) is 9.24. The van der Waals surface area contributed by atoms with Crippen molar-refractivity contribution in [2.75, 3.05) is 53.0 Å². The SMILES string of the molecule is COc1ccc(CN2CCCC(CN3CCOCC3)C2)cc1C#N. The first-order chi connectivity index (χ1) is 11.8. The lowest BCUT2D eigenvalue weighted by Crippen LogP contribution is -2.44. The lowest BCUT2D eigenvalue weighted by atomic mass is 9.96. The molecule has 5 heteroatoms. The monoisotopic (exact) mass is 329 g/mol. The van der Waals surface area contributed by atoms with Gasteiger partial charge in [-0.25, -0.2) is 0 Å². The Labute approximate surface area is 144 Å². The van der Waals surface area contributed by atoms with E-state index in [0.29, 0.717) is 11.3 Å². The van der Waals surface area contributed by atoms with E-state index in [1.807, 2.05) is 12.1 Å². The summed E-state index contributed by atoms with van der Waals surface area (Å²) in [5.74, 6) is 1.40. The van der Waals surface area contributed by atoms with Crippen molar-refractivity contribution >= 4 is 0 Å². The summed E-state index contributed by atoms with van der Waals surface area (Å²) in [6, 6.07) is 8.17. The Bertz CT molecular complexity index is 578. The van der Waals surface area contributed by atoms with Crippen molar-refractivity contribution < 1.29 is 9.47 Å². The smallest absolute Gasteiger partial charge is 0.136 e. The Balaban J connectivity index is 1.56. The maximum Gasteiger partial charge on any atom is 0.136 e. The molecule has 2 aliphatic rings. The van der Waals surface area contributed by atoms with E-state index in [2.05, 4.69) is 21.9 Å². The van der Waals surface area contributed by atoms with E-state index < -0.39 is 0 Å². The number of nitriles is 1. The molecular formula is C19H27N3O2. The molecule has 3 rings (SSSR count). The molecule has 0 amide bonds. The lowest BCUT2D eigenvalue weighted by Gasteiger charge is -2.36. The van der Waals surface area contributed by atoms with Crippen LogP contribution in [0.4, 0.5) is 0 Å². The van der Waals surface area contributed by atoms with E-state index in [9.17, 15) is 5.26 Å². The molecule has 0 aliphatic carbocycles. The van der Waals surface area contributed by atoms with Gasteiger partial charge in [0.05, 0.1) is 25.9 Å². The maximum absolute atomic E-state index is 9.24. The van der Waals surface area contributed by atoms with Crippen molar-refractivity contribution in [3.8, 4) is 11.8 Å². The van der Waals surface area contributed by atoms with Gasteiger partial charge in [-0.05, 0) is 43.0 Å². The van der Waals surface area contributed by atoms with E-state index >= 15 is 0 Å². The van der Waals surface area contributed by atoms with Gasteiger partial charge in [0.15, 0.2) is 0 Å². The number of ether oxygens (including phenoxy) is 2. The first kappa shape index (κ1) is 17.2. The molecule has 1 aromatic rings. The molecule has 1 unspecified atom stereocenters. The standard InChI is InChI=1S/C19H27N3O2/c1-23-19-5-4-16(11-18(19)12-20)13-22-6-2-3-17(15-22)14-21-7-9-24-10-8-21/h4-5,11,17H,2-3,6-10,13-15H2,1H3. The van der Waals surface area contributed by atoms with Crippen LogP contribution in [0.1, 0.15) is 24.0 Å². The van der Waals surface area contributed by atoms with Crippen molar-refractivity contribution in [3.05, 3.63) is 29.3 Å². The molecule has 130 valence electrons. The first-order valence-electron chi connectivity index (χ1n) is 8.88. The van der Waals surface area contributed by atoms with Crippen LogP contribution < -0.4 is 4.74 Å².